The molecule has 616 valence electrons. The summed E-state index contributed by atoms with van der Waals surface area (Å²) in [5, 5.41) is 65.7. The van der Waals surface area contributed by atoms with Crippen LogP contribution >= 0.6 is 12.6 Å². The van der Waals surface area contributed by atoms with Crippen LogP contribution in [0.4, 0.5) is 5.69 Å². The van der Waals surface area contributed by atoms with Gasteiger partial charge in [0, 0.05) is 58.9 Å². The van der Waals surface area contributed by atoms with Gasteiger partial charge in [-0.05, 0) is 195 Å². The van der Waals surface area contributed by atoms with Crippen molar-refractivity contribution in [2.24, 2.45) is 22.9 Å². The van der Waals surface area contributed by atoms with Crippen LogP contribution in [0.2, 0.25) is 0 Å². The summed E-state index contributed by atoms with van der Waals surface area (Å²) in [7, 11) is 0. The molecule has 0 unspecified atom stereocenters. The minimum atomic E-state index is -0.151. The average Bonchev–Trinajstić information content (AvgIpc) is 0.792. The van der Waals surface area contributed by atoms with Gasteiger partial charge >= 0.3 is 0 Å². The van der Waals surface area contributed by atoms with Gasteiger partial charge in [0.1, 0.15) is 34.5 Å². The summed E-state index contributed by atoms with van der Waals surface area (Å²) in [5.74, 6) is 2.50. The highest BCUT2D eigenvalue weighted by Gasteiger charge is 2.33. The molecule has 0 atom stereocenters. The number of nitrogens with two attached hydrogens (primary N) is 5. The number of nitrogens with one attached hydrogen (secondary N) is 1. The monoisotopic (exact) mass is 1530 g/mol. The van der Waals surface area contributed by atoms with E-state index in [0.29, 0.717) is 85.7 Å². The topological polar surface area (TPSA) is 281 Å². The molecule has 0 aromatic heterocycles. The van der Waals surface area contributed by atoms with E-state index in [0.717, 1.165) is 102 Å². The van der Waals surface area contributed by atoms with Crippen molar-refractivity contribution >= 4 is 24.2 Å². The largest absolute Gasteiger partial charge is 0.507 e. The normalized spacial score (nSPS) is 12.7. The number of phenols is 6. The summed E-state index contributed by atoms with van der Waals surface area (Å²) in [6, 6.07) is 24.2. The fraction of sp³-hybridized carbons (Fsp3) is 0.611. The summed E-state index contributed by atoms with van der Waals surface area (Å²) < 4.78 is 0. The van der Waals surface area contributed by atoms with Crippen LogP contribution in [0.15, 0.2) is 77.7 Å². The zero-order valence-electron chi connectivity index (χ0n) is 75.4. The van der Waals surface area contributed by atoms with E-state index in [9.17, 15) is 35.4 Å². The molecule has 0 heterocycles. The number of thiol groups is 1. The molecule has 0 saturated heterocycles. The lowest BCUT2D eigenvalue weighted by molar-refractivity contribution is -0.121. The first-order chi connectivity index (χ1) is 48.7. The number of anilines is 1. The zero-order valence-corrected chi connectivity index (χ0v) is 76.3. The number of amides is 1. The van der Waals surface area contributed by atoms with Crippen molar-refractivity contribution in [3.8, 4) is 34.5 Å². The molecule has 17 N–H and O–H groups in total. The Hall–Kier alpha value is -6.42. The zero-order chi connectivity index (χ0) is 85.7. The Balaban J connectivity index is 0.000000657. The maximum Gasteiger partial charge on any atom is 0.220 e. The SMILES string of the molecule is CC(C)(C)c1cc(CCC(=O)NCCN)cc(C(C)(C)C)c1O.CC(C)(C)c1cc(CCCN)cc(C(C)(C)C)c1O.CC(C)(C)c1cc(CCN)cc(C(C)(C)C)c1O.CC(C)(C)c1cc(CN)cc(C(C)(C)C)c1O.CC(C)(C)c1cc(N)cc(C(C)(C)C)c1O.CC(C)(C)c1cc(S)cc(C(C)(C)C)c1O. The smallest absolute Gasteiger partial charge is 0.220 e. The van der Waals surface area contributed by atoms with Crippen molar-refractivity contribution in [3.05, 3.63) is 162 Å². The molecule has 6 aromatic rings. The first-order valence-corrected chi connectivity index (χ1v) is 39.9. The Morgan fingerprint density at radius 3 is 0.697 bits per heavy atom. The predicted molar refractivity (Wildman–Crippen MR) is 473 cm³/mol. The summed E-state index contributed by atoms with van der Waals surface area (Å²) in [6.07, 6.45) is 3.90. The third kappa shape index (κ3) is 31.2. The highest BCUT2D eigenvalue weighted by Crippen LogP contribution is 2.46. The van der Waals surface area contributed by atoms with Gasteiger partial charge in [-0.1, -0.05) is 298 Å². The molecule has 0 spiro atoms. The quantitative estimate of drug-likeness (QED) is 0.0328. The molecular weight excluding hydrogens is 1370 g/mol. The number of carbonyl (C=O) groups is 1. The molecule has 0 aliphatic rings. The number of aromatic hydroxyl groups is 6. The Kier molecular flexibility index (Phi) is 35.4. The van der Waals surface area contributed by atoms with Crippen LogP contribution in [-0.4, -0.2) is 62.7 Å². The van der Waals surface area contributed by atoms with Crippen LogP contribution < -0.4 is 34.0 Å². The first kappa shape index (κ1) is 101. The molecule has 14 heteroatoms. The summed E-state index contributed by atoms with van der Waals surface area (Å²) in [4.78, 5) is 12.7. The van der Waals surface area contributed by atoms with Crippen LogP contribution in [0.1, 0.15) is 351 Å². The van der Waals surface area contributed by atoms with Gasteiger partial charge in [0.2, 0.25) is 5.91 Å². The second kappa shape index (κ2) is 38.4. The van der Waals surface area contributed by atoms with Crippen molar-refractivity contribution in [1.29, 1.82) is 0 Å². The van der Waals surface area contributed by atoms with E-state index < -0.39 is 0 Å². The molecular formula is C95H158N6O7S. The van der Waals surface area contributed by atoms with E-state index in [1.807, 2.05) is 48.5 Å². The average molecular weight is 1530 g/mol. The Bertz CT molecular complexity index is 3640. The van der Waals surface area contributed by atoms with Crippen LogP contribution in [-0.2, 0) is 95.6 Å². The predicted octanol–water partition coefficient (Wildman–Crippen LogP) is 21.7. The molecule has 0 saturated carbocycles. The van der Waals surface area contributed by atoms with Gasteiger partial charge in [-0.15, -0.1) is 12.6 Å². The van der Waals surface area contributed by atoms with Crippen LogP contribution in [0, 0.1) is 0 Å². The second-order valence-corrected chi connectivity index (χ2v) is 42.8. The van der Waals surface area contributed by atoms with Gasteiger partial charge in [0.25, 0.3) is 0 Å². The minimum absolute atomic E-state index is 0.0122. The van der Waals surface area contributed by atoms with Crippen LogP contribution in [0.3, 0.4) is 0 Å². The third-order valence-corrected chi connectivity index (χ3v) is 19.3. The number of nitrogen functional groups attached to an aromatic ring is 1. The van der Waals surface area contributed by atoms with Crippen molar-refractivity contribution < 1.29 is 35.4 Å². The van der Waals surface area contributed by atoms with Gasteiger partial charge in [-0.25, -0.2) is 0 Å². The number of phenolic OH excluding ortho intramolecular Hbond substituents is 6. The van der Waals surface area contributed by atoms with Gasteiger partial charge in [0.05, 0.1) is 0 Å². The van der Waals surface area contributed by atoms with E-state index in [4.69, 9.17) is 28.7 Å². The summed E-state index contributed by atoms with van der Waals surface area (Å²) in [6.45, 7) is 78.6. The number of carbonyl (C=O) groups excluding carboxylic acids is 1. The van der Waals surface area contributed by atoms with Gasteiger partial charge in [-0.2, -0.15) is 0 Å². The lowest BCUT2D eigenvalue weighted by Crippen LogP contribution is -2.29. The van der Waals surface area contributed by atoms with Crippen LogP contribution in [0.5, 0.6) is 34.5 Å². The maximum atomic E-state index is 11.8. The summed E-state index contributed by atoms with van der Waals surface area (Å²) >= 11 is 4.42. The van der Waals surface area contributed by atoms with E-state index in [1.165, 1.54) is 11.1 Å². The molecule has 109 heavy (non-hydrogen) atoms. The van der Waals surface area contributed by atoms with E-state index in [2.05, 4.69) is 291 Å². The first-order valence-electron chi connectivity index (χ1n) is 39.5. The number of aryl methyl sites for hydroxylation is 2. The van der Waals surface area contributed by atoms with E-state index >= 15 is 0 Å². The molecule has 6 aromatic carbocycles. The molecule has 1 amide bonds. The number of benzene rings is 6. The Morgan fingerprint density at radius 2 is 0.495 bits per heavy atom. The molecule has 0 aliphatic heterocycles. The van der Waals surface area contributed by atoms with Crippen molar-refractivity contribution in [1.82, 2.24) is 5.32 Å². The fourth-order valence-corrected chi connectivity index (χ4v) is 12.8. The molecule has 0 radical (unpaired) electrons. The maximum absolute atomic E-state index is 11.8. The molecule has 0 bridgehead atoms. The number of hydrogen-bond donors (Lipinski definition) is 13. The number of rotatable bonds is 11. The fourth-order valence-electron chi connectivity index (χ4n) is 12.5. The Labute approximate surface area is 670 Å². The standard InChI is InChI=1S/C19H32N2O2.C17H29NO.C16H27NO.C15H25NO.C14H23NO.C14H22OS/c1-18(2,3)14-11-13(7-8-16(22)21-10-9-20)12-15(17(14)23)19(4,5)6;1-16(2,3)13-10-12(8-7-9-18)11-14(15(13)19)17(4,5)6;1-15(2,3)12-9-11(7-8-17)10-13(14(12)18)16(4,5)6;1-14(2,3)11-7-10(9-16)8-12(13(11)17)15(4,5)6;1-13(2,3)10-7-9(15)8-11(12(10)16)14(4,5)6;1-13(2,3)10-7-9(16)8-11(12(10)15)14(4,5)6/h11-12,23H,7-10,20H2,1-6H3,(H,21,22);10-11,19H,7-9,18H2,1-6H3;9-10,18H,7-8,17H2,1-6H3;7-8,17H,9,16H2,1-6H3;7-8,16H,15H2,1-6H3;7-8,15-16H,1-6H3. The highest BCUT2D eigenvalue weighted by atomic mass is 32.1. The Morgan fingerprint density at radius 1 is 0.294 bits per heavy atom. The molecule has 0 fully saturated rings. The van der Waals surface area contributed by atoms with Crippen molar-refractivity contribution in [3.63, 3.8) is 0 Å². The molecule has 13 nitrogen and oxygen atoms in total. The van der Waals surface area contributed by atoms with Crippen molar-refractivity contribution in [2.45, 2.75) is 358 Å². The van der Waals surface area contributed by atoms with E-state index in [1.54, 1.807) is 0 Å². The van der Waals surface area contributed by atoms with Gasteiger partial charge < -0.3 is 64.6 Å². The molecule has 0 aliphatic carbocycles. The van der Waals surface area contributed by atoms with Crippen molar-refractivity contribution in [2.75, 3.05) is 31.9 Å². The van der Waals surface area contributed by atoms with Gasteiger partial charge in [0.15, 0.2) is 0 Å². The van der Waals surface area contributed by atoms with E-state index in [-0.39, 0.29) is 70.9 Å². The minimum Gasteiger partial charge on any atom is -0.507 e. The number of hydrogen-bond acceptors (Lipinski definition) is 13. The molecule has 6 rings (SSSR count). The highest BCUT2D eigenvalue weighted by molar-refractivity contribution is 7.80. The van der Waals surface area contributed by atoms with Crippen LogP contribution in [0.25, 0.3) is 0 Å². The van der Waals surface area contributed by atoms with Gasteiger partial charge in [-0.3, -0.25) is 4.79 Å². The lowest BCUT2D eigenvalue weighted by atomic mass is 9.78. The second-order valence-electron chi connectivity index (χ2n) is 42.3. The summed E-state index contributed by atoms with van der Waals surface area (Å²) in [5.41, 5.74) is 44.3. The third-order valence-electron chi connectivity index (χ3n) is 19.0. The lowest BCUT2D eigenvalue weighted by Gasteiger charge is -2.28.